The lowest BCUT2D eigenvalue weighted by atomic mass is 9.43. The summed E-state index contributed by atoms with van der Waals surface area (Å²) < 4.78 is 0. The molecule has 0 aromatic carbocycles. The first-order valence-corrected chi connectivity index (χ1v) is 8.57. The van der Waals surface area contributed by atoms with Crippen molar-refractivity contribution in [2.24, 2.45) is 46.8 Å². The van der Waals surface area contributed by atoms with Crippen LogP contribution in [0.1, 0.15) is 65.7 Å². The van der Waals surface area contributed by atoms with Gasteiger partial charge in [0.05, 0.1) is 0 Å². The molecule has 0 heterocycles. The fourth-order valence-electron chi connectivity index (χ4n) is 6.83. The first-order valence-electron chi connectivity index (χ1n) is 8.57. The van der Waals surface area contributed by atoms with Gasteiger partial charge in [-0.2, -0.15) is 0 Å². The number of hydrogen-bond acceptors (Lipinski definition) is 0. The van der Waals surface area contributed by atoms with Crippen LogP contribution in [-0.4, -0.2) is 0 Å². The van der Waals surface area contributed by atoms with Crippen molar-refractivity contribution >= 4 is 0 Å². The van der Waals surface area contributed by atoms with Crippen molar-refractivity contribution in [2.75, 3.05) is 0 Å². The molecule has 18 heavy (non-hydrogen) atoms. The van der Waals surface area contributed by atoms with Crippen molar-refractivity contribution in [1.82, 2.24) is 0 Å². The first kappa shape index (κ1) is 11.8. The van der Waals surface area contributed by atoms with E-state index in [0.29, 0.717) is 0 Å². The van der Waals surface area contributed by atoms with Crippen LogP contribution in [0, 0.1) is 46.8 Å². The van der Waals surface area contributed by atoms with Crippen LogP contribution >= 0.6 is 0 Å². The summed E-state index contributed by atoms with van der Waals surface area (Å²) in [6.45, 7) is 7.73. The fraction of sp³-hybridized carbons (Fsp3) is 1.00. The van der Waals surface area contributed by atoms with Gasteiger partial charge >= 0.3 is 0 Å². The zero-order valence-electron chi connectivity index (χ0n) is 12.5. The van der Waals surface area contributed by atoms with Gasteiger partial charge in [0.1, 0.15) is 0 Å². The van der Waals surface area contributed by atoms with E-state index in [9.17, 15) is 0 Å². The van der Waals surface area contributed by atoms with Gasteiger partial charge in [0.25, 0.3) is 0 Å². The maximum absolute atomic E-state index is 2.72. The van der Waals surface area contributed by atoms with E-state index in [-0.39, 0.29) is 0 Å². The summed E-state index contributed by atoms with van der Waals surface area (Å²) in [5, 5.41) is 0. The molecule has 2 atom stereocenters. The highest BCUT2D eigenvalue weighted by molar-refractivity contribution is 5.07. The lowest BCUT2D eigenvalue weighted by Crippen LogP contribution is -2.54. The van der Waals surface area contributed by atoms with Gasteiger partial charge in [-0.1, -0.05) is 20.8 Å². The second-order valence-electron chi connectivity index (χ2n) is 8.79. The molecule has 0 nitrogen and oxygen atoms in total. The molecule has 0 saturated heterocycles. The Kier molecular flexibility index (Phi) is 2.47. The third-order valence-electron chi connectivity index (χ3n) is 8.06. The summed E-state index contributed by atoms with van der Waals surface area (Å²) in [4.78, 5) is 0. The maximum atomic E-state index is 2.72. The average molecular weight is 246 g/mol. The molecule has 0 heteroatoms. The zero-order valence-corrected chi connectivity index (χ0v) is 12.5. The normalized spacial score (nSPS) is 62.5. The topological polar surface area (TPSA) is 0 Å². The minimum Gasteiger partial charge on any atom is -0.0622 e. The lowest BCUT2D eigenvalue weighted by molar-refractivity contribution is -0.129. The largest absolute Gasteiger partial charge is 0.0622 e. The molecule has 0 spiro atoms. The van der Waals surface area contributed by atoms with E-state index in [0.717, 1.165) is 46.8 Å². The third kappa shape index (κ3) is 1.44. The van der Waals surface area contributed by atoms with E-state index in [1.807, 2.05) is 0 Å². The Bertz CT molecular complexity index is 304. The Morgan fingerprint density at radius 3 is 1.44 bits per heavy atom. The number of rotatable bonds is 1. The van der Waals surface area contributed by atoms with Gasteiger partial charge in [0.2, 0.25) is 0 Å². The molecule has 5 aliphatic carbocycles. The van der Waals surface area contributed by atoms with Gasteiger partial charge in [-0.25, -0.2) is 0 Å². The predicted octanol–water partition coefficient (Wildman–Crippen LogP) is 5.13. The standard InChI is InChI=1S/C18H30/c1-11-4-15(5-12(11)2)18(3)16-7-13-6-14(9-16)10-17(18)8-13/h11-17H,4-10H2,1-3H3. The van der Waals surface area contributed by atoms with Crippen LogP contribution in [0.25, 0.3) is 0 Å². The van der Waals surface area contributed by atoms with E-state index < -0.39 is 0 Å². The highest BCUT2D eigenvalue weighted by Crippen LogP contribution is 2.67. The fourth-order valence-corrected chi connectivity index (χ4v) is 6.83. The first-order chi connectivity index (χ1) is 8.57. The van der Waals surface area contributed by atoms with Crippen molar-refractivity contribution in [3.8, 4) is 0 Å². The average Bonchev–Trinajstić information content (AvgIpc) is 2.66. The van der Waals surface area contributed by atoms with Crippen LogP contribution in [0.5, 0.6) is 0 Å². The second-order valence-corrected chi connectivity index (χ2v) is 8.79. The van der Waals surface area contributed by atoms with Crippen LogP contribution in [0.4, 0.5) is 0 Å². The summed E-state index contributed by atoms with van der Waals surface area (Å²) >= 11 is 0. The molecule has 4 bridgehead atoms. The van der Waals surface area contributed by atoms with E-state index in [1.165, 1.54) is 0 Å². The van der Waals surface area contributed by atoms with Crippen molar-refractivity contribution < 1.29 is 0 Å². The Hall–Kier alpha value is 0. The Labute approximate surface area is 113 Å². The summed E-state index contributed by atoms with van der Waals surface area (Å²) in [6.07, 6.45) is 11.1. The smallest absolute Gasteiger partial charge is 0.0240 e. The van der Waals surface area contributed by atoms with Crippen LogP contribution < -0.4 is 0 Å². The quantitative estimate of drug-likeness (QED) is 0.601. The van der Waals surface area contributed by atoms with Gasteiger partial charge < -0.3 is 0 Å². The Morgan fingerprint density at radius 2 is 1.00 bits per heavy atom. The van der Waals surface area contributed by atoms with Gasteiger partial charge in [-0.15, -0.1) is 0 Å². The SMILES string of the molecule is CC1CC(C2(C)C3CC4CC(C3)CC2C4)CC1C. The molecule has 2 unspecified atom stereocenters. The van der Waals surface area contributed by atoms with Gasteiger partial charge in [-0.3, -0.25) is 0 Å². The van der Waals surface area contributed by atoms with E-state index in [4.69, 9.17) is 0 Å². The van der Waals surface area contributed by atoms with Crippen LogP contribution in [0.15, 0.2) is 0 Å². The molecule has 0 aromatic heterocycles. The second kappa shape index (κ2) is 3.76. The molecular weight excluding hydrogens is 216 g/mol. The van der Waals surface area contributed by atoms with Gasteiger partial charge in [0, 0.05) is 0 Å². The summed E-state index contributed by atoms with van der Waals surface area (Å²) in [5.41, 5.74) is 0.742. The van der Waals surface area contributed by atoms with Crippen LogP contribution in [-0.2, 0) is 0 Å². The third-order valence-corrected chi connectivity index (χ3v) is 8.06. The highest BCUT2D eigenvalue weighted by atomic mass is 14.6. The summed E-state index contributed by atoms with van der Waals surface area (Å²) in [5.74, 6) is 7.53. The Balaban J connectivity index is 1.63. The predicted molar refractivity (Wildman–Crippen MR) is 76.2 cm³/mol. The molecule has 0 aromatic rings. The van der Waals surface area contributed by atoms with Crippen molar-refractivity contribution in [3.05, 3.63) is 0 Å². The number of hydrogen-bond donors (Lipinski definition) is 0. The molecule has 5 fully saturated rings. The molecular formula is C18H30. The molecule has 0 radical (unpaired) electrons. The molecule has 5 saturated carbocycles. The minimum atomic E-state index is 0.742. The molecule has 102 valence electrons. The molecule has 5 aliphatic rings. The van der Waals surface area contributed by atoms with Crippen molar-refractivity contribution in [3.63, 3.8) is 0 Å². The molecule has 5 rings (SSSR count). The lowest BCUT2D eigenvalue weighted by Gasteiger charge is -2.62. The van der Waals surface area contributed by atoms with Gasteiger partial charge in [0.15, 0.2) is 0 Å². The molecule has 0 N–H and O–H groups in total. The zero-order chi connectivity index (χ0) is 12.5. The van der Waals surface area contributed by atoms with Gasteiger partial charge in [-0.05, 0) is 91.8 Å². The minimum absolute atomic E-state index is 0.742. The summed E-state index contributed by atoms with van der Waals surface area (Å²) in [6, 6.07) is 0. The van der Waals surface area contributed by atoms with E-state index in [2.05, 4.69) is 20.8 Å². The van der Waals surface area contributed by atoms with E-state index in [1.54, 1.807) is 44.9 Å². The van der Waals surface area contributed by atoms with Crippen LogP contribution in [0.3, 0.4) is 0 Å². The maximum Gasteiger partial charge on any atom is -0.0240 e. The van der Waals surface area contributed by atoms with Crippen molar-refractivity contribution in [2.45, 2.75) is 65.7 Å². The molecule has 0 amide bonds. The monoisotopic (exact) mass is 246 g/mol. The van der Waals surface area contributed by atoms with Crippen molar-refractivity contribution in [1.29, 1.82) is 0 Å². The summed E-state index contributed by atoms with van der Waals surface area (Å²) in [7, 11) is 0. The molecule has 0 aliphatic heterocycles. The van der Waals surface area contributed by atoms with E-state index >= 15 is 0 Å². The van der Waals surface area contributed by atoms with Crippen LogP contribution in [0.2, 0.25) is 0 Å². The Morgan fingerprint density at radius 1 is 0.611 bits per heavy atom. The highest BCUT2D eigenvalue weighted by Gasteiger charge is 2.58.